The average molecular weight is 730 g/mol. The van der Waals surface area contributed by atoms with Gasteiger partial charge >= 0.3 is 13.8 Å². The number of phosphoric acid groups is 1. The first-order chi connectivity index (χ1) is 24.4. The maximum Gasteiger partial charge on any atom is 0.472 e. The second-order valence-electron chi connectivity index (χ2n) is 13.9. The Bertz CT molecular complexity index is 823. The maximum atomic E-state index is 12.5. The molecule has 0 bridgehead atoms. The highest BCUT2D eigenvalue weighted by Gasteiger charge is 2.25. The Hall–Kier alpha value is -1.18. The highest BCUT2D eigenvalue weighted by Crippen LogP contribution is 2.43. The van der Waals surface area contributed by atoms with Crippen molar-refractivity contribution in [1.29, 1.82) is 0 Å². The Labute approximate surface area is 308 Å². The number of phosphoric ester groups is 1. The predicted molar refractivity (Wildman–Crippen MR) is 210 cm³/mol. The van der Waals surface area contributed by atoms with Crippen LogP contribution < -0.4 is 5.73 Å². The van der Waals surface area contributed by atoms with E-state index in [4.69, 9.17) is 24.3 Å². The summed E-state index contributed by atoms with van der Waals surface area (Å²) in [5, 5.41) is 0. The molecule has 2 unspecified atom stereocenters. The fourth-order valence-corrected chi connectivity index (χ4v) is 6.60. The number of rotatable bonds is 40. The minimum absolute atomic E-state index is 0.0336. The number of hydrogen-bond donors (Lipinski definition) is 2. The number of hydrogen-bond acceptors (Lipinski definition) is 7. The van der Waals surface area contributed by atoms with Gasteiger partial charge in [0.2, 0.25) is 0 Å². The van der Waals surface area contributed by atoms with E-state index in [1.54, 1.807) is 6.26 Å². The Morgan fingerprint density at radius 1 is 0.600 bits per heavy atom. The van der Waals surface area contributed by atoms with Crippen LogP contribution in [0.4, 0.5) is 0 Å². The second kappa shape index (κ2) is 39.0. The van der Waals surface area contributed by atoms with E-state index in [-0.39, 0.29) is 32.3 Å². The third-order valence-corrected chi connectivity index (χ3v) is 9.92. The summed E-state index contributed by atoms with van der Waals surface area (Å²) in [6.07, 6.45) is 42.8. The molecular weight excluding hydrogens is 649 g/mol. The average Bonchev–Trinajstić information content (AvgIpc) is 3.10. The molecule has 0 spiro atoms. The molecule has 9 heteroatoms. The highest BCUT2D eigenvalue weighted by molar-refractivity contribution is 7.47. The summed E-state index contributed by atoms with van der Waals surface area (Å²) in [5.41, 5.74) is 5.36. The molecule has 0 saturated carbocycles. The van der Waals surface area contributed by atoms with Crippen molar-refractivity contribution in [3.63, 3.8) is 0 Å². The van der Waals surface area contributed by atoms with Crippen molar-refractivity contribution in [2.24, 2.45) is 5.73 Å². The summed E-state index contributed by atoms with van der Waals surface area (Å²) in [6, 6.07) is 0. The zero-order valence-corrected chi connectivity index (χ0v) is 33.5. The molecule has 2 atom stereocenters. The van der Waals surface area contributed by atoms with E-state index in [9.17, 15) is 14.3 Å². The standard InChI is InChI=1S/C41H80NO7P/c1-3-5-7-9-11-13-15-17-19-21-23-25-27-29-31-33-36-46-38-40(39-48-50(44,45)47-37-35-42)49-41(43)34-32-30-28-26-24-22-20-18-16-14-12-10-8-6-4-2/h14,16,33,36,40H,3-13,15,17-32,34-35,37-39,42H2,1-2H3,(H,44,45). The van der Waals surface area contributed by atoms with Crippen LogP contribution in [0.25, 0.3) is 0 Å². The minimum atomic E-state index is -4.29. The van der Waals surface area contributed by atoms with E-state index in [1.807, 2.05) is 6.08 Å². The van der Waals surface area contributed by atoms with E-state index >= 15 is 0 Å². The van der Waals surface area contributed by atoms with Gasteiger partial charge < -0.3 is 20.1 Å². The molecule has 3 N–H and O–H groups in total. The van der Waals surface area contributed by atoms with Crippen LogP contribution in [0.15, 0.2) is 24.5 Å². The molecular formula is C41H80NO7P. The van der Waals surface area contributed by atoms with Gasteiger partial charge in [-0.15, -0.1) is 0 Å². The molecule has 0 rings (SSSR count). The number of carbonyl (C=O) groups excluding carboxylic acids is 1. The van der Waals surface area contributed by atoms with Crippen molar-refractivity contribution in [2.75, 3.05) is 26.4 Å². The molecule has 296 valence electrons. The summed E-state index contributed by atoms with van der Waals surface area (Å²) >= 11 is 0. The number of allylic oxidation sites excluding steroid dienone is 3. The number of esters is 1. The molecule has 0 aliphatic rings. The van der Waals surface area contributed by atoms with Crippen LogP contribution in [0.3, 0.4) is 0 Å². The van der Waals surface area contributed by atoms with Gasteiger partial charge in [0.05, 0.1) is 19.5 Å². The van der Waals surface area contributed by atoms with Crippen LogP contribution in [0.5, 0.6) is 0 Å². The van der Waals surface area contributed by atoms with Crippen molar-refractivity contribution in [3.8, 4) is 0 Å². The normalized spacial score (nSPS) is 13.7. The van der Waals surface area contributed by atoms with Crippen LogP contribution in [0.2, 0.25) is 0 Å². The van der Waals surface area contributed by atoms with E-state index in [2.05, 4.69) is 26.0 Å². The lowest BCUT2D eigenvalue weighted by Crippen LogP contribution is -2.27. The Balaban J connectivity index is 4.09. The topological polar surface area (TPSA) is 117 Å². The SMILES string of the molecule is CCCCCCC=CCCCCCCCCCC(=O)OC(COC=CCCCCCCCCCCCCCCCC)COP(=O)(O)OCCN. The minimum Gasteiger partial charge on any atom is -0.498 e. The third kappa shape index (κ3) is 38.1. The van der Waals surface area contributed by atoms with Crippen molar-refractivity contribution in [2.45, 2.75) is 206 Å². The van der Waals surface area contributed by atoms with Gasteiger partial charge in [0, 0.05) is 13.0 Å². The highest BCUT2D eigenvalue weighted by atomic mass is 31.2. The summed E-state index contributed by atoms with van der Waals surface area (Å²) in [6.45, 7) is 4.24. The van der Waals surface area contributed by atoms with Crippen molar-refractivity contribution in [1.82, 2.24) is 0 Å². The van der Waals surface area contributed by atoms with E-state index in [1.165, 1.54) is 148 Å². The molecule has 0 aromatic heterocycles. The number of nitrogens with two attached hydrogens (primary N) is 1. The molecule has 0 aliphatic carbocycles. The first-order valence-electron chi connectivity index (χ1n) is 20.9. The van der Waals surface area contributed by atoms with Crippen LogP contribution in [-0.2, 0) is 27.9 Å². The monoisotopic (exact) mass is 730 g/mol. The van der Waals surface area contributed by atoms with Gasteiger partial charge in [-0.1, -0.05) is 161 Å². The van der Waals surface area contributed by atoms with Gasteiger partial charge in [0.25, 0.3) is 0 Å². The van der Waals surface area contributed by atoms with Gasteiger partial charge in [-0.2, -0.15) is 0 Å². The second-order valence-corrected chi connectivity index (χ2v) is 15.4. The summed E-state index contributed by atoms with van der Waals surface area (Å²) in [4.78, 5) is 22.4. The lowest BCUT2D eigenvalue weighted by Gasteiger charge is -2.19. The first kappa shape index (κ1) is 48.8. The first-order valence-corrected chi connectivity index (χ1v) is 22.4. The van der Waals surface area contributed by atoms with Gasteiger partial charge in [-0.05, 0) is 51.0 Å². The zero-order chi connectivity index (χ0) is 36.6. The Kier molecular flexibility index (Phi) is 38.1. The van der Waals surface area contributed by atoms with Gasteiger partial charge in [0.15, 0.2) is 6.10 Å². The Morgan fingerprint density at radius 3 is 1.50 bits per heavy atom. The summed E-state index contributed by atoms with van der Waals surface area (Å²) < 4.78 is 33.1. The molecule has 0 radical (unpaired) electrons. The number of carbonyl (C=O) groups is 1. The molecule has 0 aromatic rings. The van der Waals surface area contributed by atoms with Crippen molar-refractivity contribution in [3.05, 3.63) is 24.5 Å². The summed E-state index contributed by atoms with van der Waals surface area (Å²) in [7, 11) is -4.29. The molecule has 0 aromatic carbocycles. The number of unbranched alkanes of at least 4 members (excludes halogenated alkanes) is 25. The van der Waals surface area contributed by atoms with E-state index in [0.717, 1.165) is 32.1 Å². The van der Waals surface area contributed by atoms with Crippen molar-refractivity contribution < 1.29 is 32.8 Å². The molecule has 0 heterocycles. The molecule has 8 nitrogen and oxygen atoms in total. The smallest absolute Gasteiger partial charge is 0.472 e. The number of ether oxygens (including phenoxy) is 2. The largest absolute Gasteiger partial charge is 0.498 e. The zero-order valence-electron chi connectivity index (χ0n) is 32.6. The Morgan fingerprint density at radius 2 is 1.02 bits per heavy atom. The fourth-order valence-electron chi connectivity index (χ4n) is 5.84. The van der Waals surface area contributed by atoms with Crippen LogP contribution in [0, 0.1) is 0 Å². The van der Waals surface area contributed by atoms with Crippen LogP contribution in [0.1, 0.15) is 200 Å². The van der Waals surface area contributed by atoms with E-state index < -0.39 is 13.9 Å². The molecule has 0 saturated heterocycles. The molecule has 0 aliphatic heterocycles. The van der Waals surface area contributed by atoms with Gasteiger partial charge in [-0.25, -0.2) is 4.57 Å². The summed E-state index contributed by atoms with van der Waals surface area (Å²) in [5.74, 6) is -0.356. The van der Waals surface area contributed by atoms with Gasteiger partial charge in [0.1, 0.15) is 6.61 Å². The quantitative estimate of drug-likeness (QED) is 0.0210. The maximum absolute atomic E-state index is 12.5. The van der Waals surface area contributed by atoms with Gasteiger partial charge in [-0.3, -0.25) is 13.8 Å². The molecule has 0 fully saturated rings. The van der Waals surface area contributed by atoms with Crippen LogP contribution in [-0.4, -0.2) is 43.3 Å². The fraction of sp³-hybridized carbons (Fsp3) is 0.878. The molecule has 0 amide bonds. The lowest BCUT2D eigenvalue weighted by molar-refractivity contribution is -0.153. The third-order valence-electron chi connectivity index (χ3n) is 8.94. The van der Waals surface area contributed by atoms with E-state index in [0.29, 0.717) is 6.42 Å². The van der Waals surface area contributed by atoms with Crippen molar-refractivity contribution >= 4 is 13.8 Å². The molecule has 50 heavy (non-hydrogen) atoms. The predicted octanol–water partition coefficient (Wildman–Crippen LogP) is 12.4. The van der Waals surface area contributed by atoms with Crippen LogP contribution >= 0.6 is 7.82 Å². The lowest BCUT2D eigenvalue weighted by atomic mass is 10.0.